The molecule has 1 aromatic heterocycles. The van der Waals surface area contributed by atoms with E-state index in [1.807, 2.05) is 19.1 Å². The molecule has 0 bridgehead atoms. The third-order valence-electron chi connectivity index (χ3n) is 1.85. The van der Waals surface area contributed by atoms with Crippen molar-refractivity contribution in [3.63, 3.8) is 0 Å². The van der Waals surface area contributed by atoms with Crippen LogP contribution in [0.25, 0.3) is 11.0 Å². The molecule has 0 saturated heterocycles. The Hall–Kier alpha value is -1.28. The van der Waals surface area contributed by atoms with Crippen molar-refractivity contribution in [2.24, 2.45) is 0 Å². The molecule has 0 spiro atoms. The number of furan rings is 1. The van der Waals surface area contributed by atoms with Crippen LogP contribution in [0.15, 0.2) is 22.6 Å². The zero-order valence-corrected chi connectivity index (χ0v) is 7.76. The molecule has 1 aromatic carbocycles. The molecule has 2 aromatic rings. The van der Waals surface area contributed by atoms with Gasteiger partial charge in [-0.05, 0) is 30.7 Å². The van der Waals surface area contributed by atoms with Gasteiger partial charge in [-0.2, -0.15) is 0 Å². The highest BCUT2D eigenvalue weighted by molar-refractivity contribution is 6.35. The first-order valence-electron chi connectivity index (χ1n) is 3.85. The molecular weight excluding hydrogens is 188 g/mol. The van der Waals surface area contributed by atoms with Gasteiger partial charge < -0.3 is 4.42 Å². The van der Waals surface area contributed by atoms with Gasteiger partial charge in [0.2, 0.25) is 0 Å². The molecule has 66 valence electrons. The van der Waals surface area contributed by atoms with Crippen molar-refractivity contribution in [2.75, 3.05) is 0 Å². The first kappa shape index (κ1) is 8.32. The largest absolute Gasteiger partial charge is 0.452 e. The maximum Gasteiger partial charge on any atom is 0.185 e. The molecule has 0 unspecified atom stereocenters. The fraction of sp³-hybridized carbons (Fsp3) is 0.100. The fourth-order valence-corrected chi connectivity index (χ4v) is 1.65. The predicted molar refractivity (Wildman–Crippen MR) is 51.3 cm³/mol. The highest BCUT2D eigenvalue weighted by Gasteiger charge is 2.06. The number of hydrogen-bond donors (Lipinski definition) is 0. The maximum absolute atomic E-state index is 10.4. The van der Waals surface area contributed by atoms with Crippen molar-refractivity contribution in [3.05, 3.63) is 34.5 Å². The summed E-state index contributed by atoms with van der Waals surface area (Å²) in [5, 5.41) is 1.41. The normalized spacial score (nSPS) is 10.6. The molecule has 0 fully saturated rings. The van der Waals surface area contributed by atoms with Crippen molar-refractivity contribution in [3.8, 4) is 0 Å². The van der Waals surface area contributed by atoms with Gasteiger partial charge in [-0.1, -0.05) is 11.6 Å². The van der Waals surface area contributed by atoms with Gasteiger partial charge in [0.25, 0.3) is 0 Å². The second kappa shape index (κ2) is 2.89. The number of carbonyl (C=O) groups is 1. The third-order valence-corrected chi connectivity index (χ3v) is 2.13. The Labute approximate surface area is 80.1 Å². The minimum Gasteiger partial charge on any atom is -0.452 e. The van der Waals surface area contributed by atoms with Gasteiger partial charge in [0.1, 0.15) is 0 Å². The highest BCUT2D eigenvalue weighted by Crippen LogP contribution is 2.27. The van der Waals surface area contributed by atoms with Crippen LogP contribution in [0.1, 0.15) is 16.1 Å². The van der Waals surface area contributed by atoms with E-state index in [2.05, 4.69) is 0 Å². The lowest BCUT2D eigenvalue weighted by Gasteiger charge is -1.94. The summed E-state index contributed by atoms with van der Waals surface area (Å²) < 4.78 is 5.20. The van der Waals surface area contributed by atoms with E-state index in [0.29, 0.717) is 22.7 Å². The average molecular weight is 195 g/mol. The van der Waals surface area contributed by atoms with Gasteiger partial charge >= 0.3 is 0 Å². The lowest BCUT2D eigenvalue weighted by Crippen LogP contribution is -1.71. The minimum absolute atomic E-state index is 0.308. The summed E-state index contributed by atoms with van der Waals surface area (Å²) >= 11 is 5.92. The number of aryl methyl sites for hydroxylation is 1. The number of benzene rings is 1. The van der Waals surface area contributed by atoms with Crippen LogP contribution in [0.3, 0.4) is 0 Å². The molecule has 0 saturated carbocycles. The molecule has 3 heteroatoms. The first-order chi connectivity index (χ1) is 6.20. The molecule has 0 aliphatic heterocycles. The smallest absolute Gasteiger partial charge is 0.185 e. The number of hydrogen-bond acceptors (Lipinski definition) is 2. The summed E-state index contributed by atoms with van der Waals surface area (Å²) in [4.78, 5) is 10.4. The Balaban J connectivity index is 2.82. The SMILES string of the molecule is Cc1cc(Cl)c2oc(C=O)cc2c1. The van der Waals surface area contributed by atoms with E-state index in [4.69, 9.17) is 16.0 Å². The van der Waals surface area contributed by atoms with Crippen molar-refractivity contribution in [1.82, 2.24) is 0 Å². The monoisotopic (exact) mass is 194 g/mol. The number of aldehydes is 1. The van der Waals surface area contributed by atoms with Crippen LogP contribution < -0.4 is 0 Å². The van der Waals surface area contributed by atoms with Crippen LogP contribution in [0, 0.1) is 6.92 Å². The Morgan fingerprint density at radius 2 is 2.15 bits per heavy atom. The molecule has 0 atom stereocenters. The van der Waals surface area contributed by atoms with Crippen LogP contribution in [0.5, 0.6) is 0 Å². The van der Waals surface area contributed by atoms with E-state index in [1.165, 1.54) is 0 Å². The summed E-state index contributed by atoms with van der Waals surface area (Å²) in [7, 11) is 0. The molecule has 13 heavy (non-hydrogen) atoms. The van der Waals surface area contributed by atoms with E-state index >= 15 is 0 Å². The first-order valence-corrected chi connectivity index (χ1v) is 4.23. The third kappa shape index (κ3) is 1.33. The maximum atomic E-state index is 10.4. The standard InChI is InChI=1S/C10H7ClO2/c1-6-2-7-4-8(5-12)13-10(7)9(11)3-6/h2-5H,1H3. The van der Waals surface area contributed by atoms with Crippen molar-refractivity contribution >= 4 is 28.9 Å². The Kier molecular flexibility index (Phi) is 1.85. The number of rotatable bonds is 1. The molecule has 2 nitrogen and oxygen atoms in total. The summed E-state index contributed by atoms with van der Waals surface area (Å²) in [5.74, 6) is 0.308. The van der Waals surface area contributed by atoms with Crippen molar-refractivity contribution < 1.29 is 9.21 Å². The summed E-state index contributed by atoms with van der Waals surface area (Å²) in [6.45, 7) is 1.94. The Morgan fingerprint density at radius 1 is 1.38 bits per heavy atom. The molecular formula is C10H7ClO2. The highest BCUT2D eigenvalue weighted by atomic mass is 35.5. The zero-order valence-electron chi connectivity index (χ0n) is 7.00. The predicted octanol–water partition coefficient (Wildman–Crippen LogP) is 3.21. The van der Waals surface area contributed by atoms with Crippen molar-refractivity contribution in [1.29, 1.82) is 0 Å². The van der Waals surface area contributed by atoms with Crippen LogP contribution in [0.2, 0.25) is 5.02 Å². The Bertz CT molecular complexity index is 471. The second-order valence-corrected chi connectivity index (χ2v) is 3.34. The lowest BCUT2D eigenvalue weighted by molar-refractivity contribution is 0.110. The Morgan fingerprint density at radius 3 is 2.85 bits per heavy atom. The van der Waals surface area contributed by atoms with Gasteiger partial charge in [0.05, 0.1) is 5.02 Å². The molecule has 1 heterocycles. The van der Waals surface area contributed by atoms with E-state index in [0.717, 1.165) is 10.9 Å². The number of fused-ring (bicyclic) bond motifs is 1. The van der Waals surface area contributed by atoms with Crippen LogP contribution >= 0.6 is 11.6 Å². The van der Waals surface area contributed by atoms with Gasteiger partial charge in [0.15, 0.2) is 17.6 Å². The van der Waals surface area contributed by atoms with Gasteiger partial charge in [-0.15, -0.1) is 0 Å². The average Bonchev–Trinajstić information content (AvgIpc) is 2.47. The van der Waals surface area contributed by atoms with Crippen molar-refractivity contribution in [2.45, 2.75) is 6.92 Å². The topological polar surface area (TPSA) is 30.2 Å². The summed E-state index contributed by atoms with van der Waals surface area (Å²) in [5.41, 5.74) is 1.63. The van der Waals surface area contributed by atoms with Gasteiger partial charge in [-0.25, -0.2) is 0 Å². The van der Waals surface area contributed by atoms with E-state index in [1.54, 1.807) is 6.07 Å². The number of halogens is 1. The lowest BCUT2D eigenvalue weighted by atomic mass is 10.2. The molecule has 2 rings (SSSR count). The summed E-state index contributed by atoms with van der Waals surface area (Å²) in [6.07, 6.45) is 0.672. The quantitative estimate of drug-likeness (QED) is 0.653. The number of carbonyl (C=O) groups excluding carboxylic acids is 1. The summed E-state index contributed by atoms with van der Waals surface area (Å²) in [6, 6.07) is 5.42. The molecule has 0 radical (unpaired) electrons. The molecule has 0 aliphatic rings. The van der Waals surface area contributed by atoms with Crippen LogP contribution in [-0.2, 0) is 0 Å². The van der Waals surface area contributed by atoms with E-state index in [-0.39, 0.29) is 0 Å². The van der Waals surface area contributed by atoms with E-state index in [9.17, 15) is 4.79 Å². The molecule has 0 N–H and O–H groups in total. The zero-order chi connectivity index (χ0) is 9.42. The fourth-order valence-electron chi connectivity index (χ4n) is 1.33. The van der Waals surface area contributed by atoms with E-state index < -0.39 is 0 Å². The van der Waals surface area contributed by atoms with Crippen LogP contribution in [0.4, 0.5) is 0 Å². The molecule has 0 amide bonds. The van der Waals surface area contributed by atoms with Gasteiger partial charge in [0, 0.05) is 5.39 Å². The second-order valence-electron chi connectivity index (χ2n) is 2.93. The minimum atomic E-state index is 0.308. The van der Waals surface area contributed by atoms with Crippen LogP contribution in [-0.4, -0.2) is 6.29 Å². The van der Waals surface area contributed by atoms with Gasteiger partial charge in [-0.3, -0.25) is 4.79 Å². The molecule has 0 aliphatic carbocycles.